The molecule has 0 aromatic heterocycles. The maximum absolute atomic E-state index is 14.3. The zero-order chi connectivity index (χ0) is 34.6. The molecule has 0 spiro atoms. The maximum atomic E-state index is 14.3. The van der Waals surface area contributed by atoms with Crippen molar-refractivity contribution in [1.82, 2.24) is 14.7 Å². The van der Waals surface area contributed by atoms with Crippen molar-refractivity contribution in [2.75, 3.05) is 67.6 Å². The molecule has 3 aliphatic heterocycles. The predicted octanol–water partition coefficient (Wildman–Crippen LogP) is 1.14. The van der Waals surface area contributed by atoms with Gasteiger partial charge in [-0.1, -0.05) is 13.8 Å². The van der Waals surface area contributed by atoms with E-state index in [4.69, 9.17) is 24.7 Å². The van der Waals surface area contributed by atoms with Crippen LogP contribution in [0.5, 0.6) is 0 Å². The first-order chi connectivity index (χ1) is 21.4. The molecule has 0 radical (unpaired) electrons. The van der Waals surface area contributed by atoms with Gasteiger partial charge in [-0.15, -0.1) is 0 Å². The minimum Gasteiger partial charge on any atom is -0.395 e. The Kier molecular flexibility index (Phi) is 14.5. The van der Waals surface area contributed by atoms with Gasteiger partial charge >= 0.3 is 0 Å². The van der Waals surface area contributed by atoms with Gasteiger partial charge in [0.15, 0.2) is 12.6 Å². The second kappa shape index (κ2) is 16.8. The number of likely N-dealkylation sites (N-methyl/N-ethyl adjacent to an activating group) is 2. The van der Waals surface area contributed by atoms with Crippen LogP contribution in [0.2, 0.25) is 0 Å². The monoisotopic (exact) mass is 658 g/mol. The van der Waals surface area contributed by atoms with E-state index >= 15 is 0 Å². The lowest BCUT2D eigenvalue weighted by Gasteiger charge is -2.47. The normalized spacial score (nSPS) is 40.7. The summed E-state index contributed by atoms with van der Waals surface area (Å²) in [4.78, 5) is 20.9. The van der Waals surface area contributed by atoms with E-state index in [0.717, 1.165) is 32.5 Å². The number of hydrogen-bond donors (Lipinski definition) is 4. The lowest BCUT2D eigenvalue weighted by atomic mass is 9.74. The van der Waals surface area contributed by atoms with Gasteiger partial charge in [-0.25, -0.2) is 0 Å². The SMILES string of the molecule is CO[C@]1(C)C[C@@H](C)CN(C)C(C2CCN(C[C@@H](N)CO)CC2)CO[C@@H](O)C(C)(C)C(=O)[C@H](C)[C@H]1O[C@@H]1O[C@H](C)C[C@H](N(C)C)[C@H]1O. The summed E-state index contributed by atoms with van der Waals surface area (Å²) >= 11 is 0. The number of nitrogens with zero attached hydrogens (tertiary/aromatic N) is 3. The van der Waals surface area contributed by atoms with Crippen molar-refractivity contribution in [3.8, 4) is 0 Å². The van der Waals surface area contributed by atoms with Crippen LogP contribution in [0.4, 0.5) is 0 Å². The fraction of sp³-hybridized carbons (Fsp3) is 0.971. The third-order valence-corrected chi connectivity index (χ3v) is 11.0. The van der Waals surface area contributed by atoms with Crippen molar-refractivity contribution in [2.24, 2.45) is 28.9 Å². The molecule has 0 aromatic rings. The first-order valence-corrected chi connectivity index (χ1v) is 17.3. The van der Waals surface area contributed by atoms with Crippen LogP contribution < -0.4 is 5.73 Å². The first kappa shape index (κ1) is 39.7. The van der Waals surface area contributed by atoms with Gasteiger partial charge in [-0.3, -0.25) is 4.79 Å². The first-order valence-electron chi connectivity index (χ1n) is 17.3. The number of hydrogen-bond acceptors (Lipinski definition) is 12. The van der Waals surface area contributed by atoms with E-state index in [1.54, 1.807) is 21.0 Å². The average Bonchev–Trinajstić information content (AvgIpc) is 3.00. The molecule has 5 N–H and O–H groups in total. The average molecular weight is 659 g/mol. The topological polar surface area (TPSA) is 150 Å². The van der Waals surface area contributed by atoms with Gasteiger partial charge in [0, 0.05) is 44.2 Å². The summed E-state index contributed by atoms with van der Waals surface area (Å²) in [6.45, 7) is 14.8. The highest BCUT2D eigenvalue weighted by Crippen LogP contribution is 2.39. The van der Waals surface area contributed by atoms with Crippen LogP contribution in [0.1, 0.15) is 67.2 Å². The van der Waals surface area contributed by atoms with Crippen molar-refractivity contribution < 1.29 is 39.1 Å². The quantitative estimate of drug-likeness (QED) is 0.296. The van der Waals surface area contributed by atoms with Gasteiger partial charge in [0.1, 0.15) is 11.9 Å². The molecule has 46 heavy (non-hydrogen) atoms. The number of piperidine rings is 1. The number of carbonyl (C=O) groups excluding carboxylic acids is 1. The Morgan fingerprint density at radius 2 is 1.76 bits per heavy atom. The summed E-state index contributed by atoms with van der Waals surface area (Å²) in [6.07, 6.45) is -0.979. The molecule has 3 fully saturated rings. The third kappa shape index (κ3) is 9.47. The van der Waals surface area contributed by atoms with Crippen molar-refractivity contribution in [3.63, 3.8) is 0 Å². The zero-order valence-corrected chi connectivity index (χ0v) is 30.2. The fourth-order valence-corrected chi connectivity index (χ4v) is 8.07. The fourth-order valence-electron chi connectivity index (χ4n) is 8.07. The maximum Gasteiger partial charge on any atom is 0.185 e. The summed E-state index contributed by atoms with van der Waals surface area (Å²) in [5.74, 6) is -0.436. The van der Waals surface area contributed by atoms with Gasteiger partial charge in [0.05, 0.1) is 36.4 Å². The van der Waals surface area contributed by atoms with Crippen LogP contribution in [0, 0.1) is 23.2 Å². The Morgan fingerprint density at radius 3 is 2.33 bits per heavy atom. The van der Waals surface area contributed by atoms with E-state index in [2.05, 4.69) is 23.8 Å². The number of Topliss-reactive ketones (excluding diaryl/α,β-unsaturated/α-hetero) is 1. The summed E-state index contributed by atoms with van der Waals surface area (Å²) in [5.41, 5.74) is 3.85. The Balaban J connectivity index is 1.91. The summed E-state index contributed by atoms with van der Waals surface area (Å²) in [5, 5.41) is 32.2. The van der Waals surface area contributed by atoms with E-state index < -0.39 is 41.7 Å². The molecule has 3 rings (SSSR count). The minimum atomic E-state index is -1.33. The van der Waals surface area contributed by atoms with Gasteiger partial charge in [0.2, 0.25) is 0 Å². The van der Waals surface area contributed by atoms with E-state index in [1.807, 2.05) is 39.8 Å². The largest absolute Gasteiger partial charge is 0.395 e. The van der Waals surface area contributed by atoms with Crippen molar-refractivity contribution >= 4 is 5.78 Å². The van der Waals surface area contributed by atoms with Crippen molar-refractivity contribution in [1.29, 1.82) is 0 Å². The number of rotatable bonds is 8. The van der Waals surface area contributed by atoms with E-state index in [1.165, 1.54) is 0 Å². The molecule has 0 aliphatic carbocycles. The molecular formula is C34H66N4O8. The molecule has 12 heteroatoms. The van der Waals surface area contributed by atoms with Crippen molar-refractivity contribution in [2.45, 2.75) is 122 Å². The Bertz CT molecular complexity index is 950. The number of ether oxygens (including phenoxy) is 4. The standard InChI is InChI=1S/C34H66N4O8/c1-21-16-34(6,43-10)30(46-31-28(40)26(36(7)8)15-22(2)45-31)23(3)29(41)33(4,5)32(42)44-20-27(37(9)17-21)24-11-13-38(14-12-24)18-25(35)19-39/h21-28,30-32,39-40,42H,11-20,35H2,1-10H3/t21-,22-,23+,25-,26+,27?,28-,30-,31+,32-,34-/m1/s1. The molecule has 3 aliphatic rings. The summed E-state index contributed by atoms with van der Waals surface area (Å²) < 4.78 is 25.3. The van der Waals surface area contributed by atoms with Crippen LogP contribution in [0.25, 0.3) is 0 Å². The number of methoxy groups -OCH3 is 1. The number of nitrogens with two attached hydrogens (primary N) is 1. The number of likely N-dealkylation sites (tertiary alicyclic amines) is 1. The minimum absolute atomic E-state index is 0.0295. The Morgan fingerprint density at radius 1 is 1.13 bits per heavy atom. The lowest BCUT2D eigenvalue weighted by molar-refractivity contribution is -0.296. The molecule has 3 heterocycles. The summed E-state index contributed by atoms with van der Waals surface area (Å²) in [6, 6.07) is -0.386. The smallest absolute Gasteiger partial charge is 0.185 e. The highest BCUT2D eigenvalue weighted by atomic mass is 16.7. The second-order valence-electron chi connectivity index (χ2n) is 15.6. The summed E-state index contributed by atoms with van der Waals surface area (Å²) in [7, 11) is 7.61. The number of aliphatic hydroxyl groups is 3. The molecule has 270 valence electrons. The van der Waals surface area contributed by atoms with Crippen LogP contribution in [0.15, 0.2) is 0 Å². The second-order valence-corrected chi connectivity index (χ2v) is 15.6. The predicted molar refractivity (Wildman–Crippen MR) is 177 cm³/mol. The third-order valence-electron chi connectivity index (χ3n) is 11.0. The molecule has 3 saturated heterocycles. The van der Waals surface area contributed by atoms with E-state index in [0.29, 0.717) is 31.9 Å². The molecule has 0 amide bonds. The van der Waals surface area contributed by atoms with Crippen LogP contribution in [-0.4, -0.2) is 158 Å². The van der Waals surface area contributed by atoms with Crippen LogP contribution >= 0.6 is 0 Å². The highest BCUT2D eigenvalue weighted by molar-refractivity contribution is 5.87. The molecule has 1 unspecified atom stereocenters. The number of ketones is 1. The van der Waals surface area contributed by atoms with E-state index in [9.17, 15) is 20.1 Å². The van der Waals surface area contributed by atoms with Gasteiger partial charge in [0.25, 0.3) is 0 Å². The highest BCUT2D eigenvalue weighted by Gasteiger charge is 2.51. The Labute approximate surface area is 277 Å². The van der Waals surface area contributed by atoms with Gasteiger partial charge < -0.3 is 54.7 Å². The number of aliphatic hydroxyl groups excluding tert-OH is 3. The van der Waals surface area contributed by atoms with E-state index in [-0.39, 0.29) is 42.5 Å². The molecule has 0 aromatic carbocycles. The molecule has 11 atom stereocenters. The molecule has 0 bridgehead atoms. The van der Waals surface area contributed by atoms with Crippen LogP contribution in [-0.2, 0) is 23.7 Å². The Hall–Kier alpha value is -0.770. The lowest BCUT2D eigenvalue weighted by Crippen LogP contribution is -2.59. The van der Waals surface area contributed by atoms with Gasteiger partial charge in [-0.05, 0) is 99.4 Å². The zero-order valence-electron chi connectivity index (χ0n) is 30.2. The molecular weight excluding hydrogens is 592 g/mol. The molecule has 12 nitrogen and oxygen atoms in total. The van der Waals surface area contributed by atoms with Crippen LogP contribution in [0.3, 0.4) is 0 Å². The number of carbonyl (C=O) groups is 1. The van der Waals surface area contributed by atoms with Crippen molar-refractivity contribution in [3.05, 3.63) is 0 Å². The molecule has 0 saturated carbocycles. The van der Waals surface area contributed by atoms with Gasteiger partial charge in [-0.2, -0.15) is 0 Å².